The van der Waals surface area contributed by atoms with Gasteiger partial charge in [-0.15, -0.1) is 0 Å². The van der Waals surface area contributed by atoms with Crippen molar-refractivity contribution in [1.82, 2.24) is 9.36 Å². The Morgan fingerprint density at radius 3 is 2.33 bits per heavy atom. The number of nitriles is 1. The van der Waals surface area contributed by atoms with Crippen LogP contribution in [0, 0.1) is 18.3 Å². The van der Waals surface area contributed by atoms with Crippen LogP contribution < -0.4 is 10.9 Å². The summed E-state index contributed by atoms with van der Waals surface area (Å²) < 4.78 is 8.28. The van der Waals surface area contributed by atoms with Gasteiger partial charge < -0.3 is 10.1 Å². The number of anilines is 1. The zero-order valence-electron chi connectivity index (χ0n) is 16.7. The highest BCUT2D eigenvalue weighted by Gasteiger charge is 2.23. The van der Waals surface area contributed by atoms with Crippen molar-refractivity contribution in [1.29, 1.82) is 5.26 Å². The lowest BCUT2D eigenvalue weighted by Crippen LogP contribution is -2.32. The van der Waals surface area contributed by atoms with E-state index in [1.165, 1.54) is 35.9 Å². The maximum absolute atomic E-state index is 12.9. The second-order valence-electron chi connectivity index (χ2n) is 6.66. The molecule has 8 heteroatoms. The number of ether oxygens (including phenoxy) is 1. The lowest BCUT2D eigenvalue weighted by atomic mass is 10.1. The molecule has 1 heterocycles. The molecule has 1 atom stereocenters. The fraction of sp³-hybridized carbons (Fsp3) is 0.182. The van der Waals surface area contributed by atoms with Crippen LogP contribution in [0.3, 0.4) is 0 Å². The third-order valence-electron chi connectivity index (χ3n) is 4.71. The summed E-state index contributed by atoms with van der Waals surface area (Å²) in [6.07, 6.45) is -1.13. The largest absolute Gasteiger partial charge is 0.449 e. The van der Waals surface area contributed by atoms with Gasteiger partial charge in [0.05, 0.1) is 28.6 Å². The molecule has 3 aromatic rings. The number of benzene rings is 2. The number of amides is 1. The van der Waals surface area contributed by atoms with Gasteiger partial charge in [0.15, 0.2) is 6.10 Å². The number of aromatic nitrogens is 2. The first-order valence-electron chi connectivity index (χ1n) is 9.19. The fourth-order valence-corrected chi connectivity index (χ4v) is 2.90. The molecule has 1 unspecified atom stereocenters. The summed E-state index contributed by atoms with van der Waals surface area (Å²) in [6.45, 7) is 3.13. The fourth-order valence-electron chi connectivity index (χ4n) is 2.90. The molecule has 3 rings (SSSR count). The standard InChI is InChI=1S/C22H20N4O4/c1-14-19(21(28)26(25(14)3)18-7-5-4-6-8-18)24-20(27)15(2)30-22(29)17-11-9-16(13-23)10-12-17/h4-12,15H,1-3H3,(H,24,27). The molecular weight excluding hydrogens is 384 g/mol. The molecule has 152 valence electrons. The predicted molar refractivity (Wildman–Crippen MR) is 110 cm³/mol. The van der Waals surface area contributed by atoms with Crippen LogP contribution in [0.4, 0.5) is 5.69 Å². The zero-order valence-corrected chi connectivity index (χ0v) is 16.7. The topological polar surface area (TPSA) is 106 Å². The molecule has 0 fully saturated rings. The van der Waals surface area contributed by atoms with Crippen molar-refractivity contribution < 1.29 is 14.3 Å². The van der Waals surface area contributed by atoms with Crippen molar-refractivity contribution in [2.75, 3.05) is 5.32 Å². The molecule has 0 aliphatic heterocycles. The number of hydrogen-bond acceptors (Lipinski definition) is 5. The first-order valence-corrected chi connectivity index (χ1v) is 9.19. The van der Waals surface area contributed by atoms with Crippen LogP contribution in [0.1, 0.15) is 28.5 Å². The summed E-state index contributed by atoms with van der Waals surface area (Å²) in [4.78, 5) is 37.7. The van der Waals surface area contributed by atoms with Gasteiger partial charge >= 0.3 is 5.97 Å². The molecule has 1 amide bonds. The van der Waals surface area contributed by atoms with Gasteiger partial charge in [0.25, 0.3) is 11.5 Å². The van der Waals surface area contributed by atoms with E-state index >= 15 is 0 Å². The Hall–Kier alpha value is -4.12. The highest BCUT2D eigenvalue weighted by Crippen LogP contribution is 2.15. The van der Waals surface area contributed by atoms with E-state index in [2.05, 4.69) is 5.32 Å². The molecule has 0 bridgehead atoms. The van der Waals surface area contributed by atoms with E-state index in [9.17, 15) is 14.4 Å². The number of hydrogen-bond donors (Lipinski definition) is 1. The third kappa shape index (κ3) is 4.00. The Morgan fingerprint density at radius 1 is 1.10 bits per heavy atom. The lowest BCUT2D eigenvalue weighted by molar-refractivity contribution is -0.123. The summed E-state index contributed by atoms with van der Waals surface area (Å²) in [5.74, 6) is -1.32. The summed E-state index contributed by atoms with van der Waals surface area (Å²) in [5, 5.41) is 11.4. The molecule has 30 heavy (non-hydrogen) atoms. The van der Waals surface area contributed by atoms with E-state index in [0.717, 1.165) is 0 Å². The van der Waals surface area contributed by atoms with Gasteiger partial charge in [-0.3, -0.25) is 14.3 Å². The average Bonchev–Trinajstić information content (AvgIpc) is 2.97. The van der Waals surface area contributed by atoms with Gasteiger partial charge in [0.2, 0.25) is 0 Å². The summed E-state index contributed by atoms with van der Waals surface area (Å²) >= 11 is 0. The van der Waals surface area contributed by atoms with Gasteiger partial charge in [0, 0.05) is 7.05 Å². The number of carbonyl (C=O) groups is 2. The normalized spacial score (nSPS) is 11.4. The number of esters is 1. The molecule has 0 saturated carbocycles. The molecular formula is C22H20N4O4. The van der Waals surface area contributed by atoms with Crippen LogP contribution in [-0.4, -0.2) is 27.3 Å². The van der Waals surface area contributed by atoms with E-state index in [-0.39, 0.29) is 16.8 Å². The minimum Gasteiger partial charge on any atom is -0.449 e. The molecule has 8 nitrogen and oxygen atoms in total. The first kappa shape index (κ1) is 20.6. The van der Waals surface area contributed by atoms with Gasteiger partial charge in [-0.2, -0.15) is 5.26 Å². The van der Waals surface area contributed by atoms with E-state index in [1.807, 2.05) is 24.3 Å². The molecule has 0 radical (unpaired) electrons. The second kappa shape index (κ2) is 8.49. The number of nitrogens with one attached hydrogen (secondary N) is 1. The minimum absolute atomic E-state index is 0.118. The smallest absolute Gasteiger partial charge is 0.338 e. The van der Waals surface area contributed by atoms with Crippen molar-refractivity contribution in [3.8, 4) is 11.8 Å². The average molecular weight is 404 g/mol. The second-order valence-corrected chi connectivity index (χ2v) is 6.66. The maximum Gasteiger partial charge on any atom is 0.338 e. The molecule has 1 aromatic heterocycles. The third-order valence-corrected chi connectivity index (χ3v) is 4.71. The molecule has 0 spiro atoms. The van der Waals surface area contributed by atoms with E-state index in [4.69, 9.17) is 10.00 Å². The molecule has 2 aromatic carbocycles. The number of carbonyl (C=O) groups excluding carboxylic acids is 2. The van der Waals surface area contributed by atoms with Crippen LogP contribution in [-0.2, 0) is 16.6 Å². The van der Waals surface area contributed by atoms with E-state index in [0.29, 0.717) is 16.9 Å². The van der Waals surface area contributed by atoms with Gasteiger partial charge in [-0.05, 0) is 50.2 Å². The van der Waals surface area contributed by atoms with Crippen LogP contribution in [0.25, 0.3) is 5.69 Å². The Kier molecular flexibility index (Phi) is 5.83. The van der Waals surface area contributed by atoms with Crippen molar-refractivity contribution in [3.05, 3.63) is 81.8 Å². The van der Waals surface area contributed by atoms with Crippen molar-refractivity contribution in [3.63, 3.8) is 0 Å². The van der Waals surface area contributed by atoms with Crippen LogP contribution in [0.15, 0.2) is 59.4 Å². The highest BCUT2D eigenvalue weighted by atomic mass is 16.5. The summed E-state index contributed by atoms with van der Waals surface area (Å²) in [5.41, 5.74) is 1.58. The number of rotatable bonds is 5. The maximum atomic E-state index is 12.9. The molecule has 0 aliphatic rings. The van der Waals surface area contributed by atoms with Gasteiger partial charge in [-0.25, -0.2) is 9.48 Å². The van der Waals surface area contributed by atoms with Crippen LogP contribution >= 0.6 is 0 Å². The molecule has 1 N–H and O–H groups in total. The van der Waals surface area contributed by atoms with Crippen molar-refractivity contribution in [2.45, 2.75) is 20.0 Å². The Labute approximate surface area is 172 Å². The molecule has 0 saturated heterocycles. The summed E-state index contributed by atoms with van der Waals surface area (Å²) in [7, 11) is 1.72. The predicted octanol–water partition coefficient (Wildman–Crippen LogP) is 2.54. The zero-order chi connectivity index (χ0) is 21.8. The number of nitrogens with zero attached hydrogens (tertiary/aromatic N) is 3. The summed E-state index contributed by atoms with van der Waals surface area (Å²) in [6, 6.07) is 16.9. The van der Waals surface area contributed by atoms with Crippen molar-refractivity contribution >= 4 is 17.6 Å². The Morgan fingerprint density at radius 2 is 1.73 bits per heavy atom. The van der Waals surface area contributed by atoms with E-state index < -0.39 is 18.0 Å². The SMILES string of the molecule is Cc1c(NC(=O)C(C)OC(=O)c2ccc(C#N)cc2)c(=O)n(-c2ccccc2)n1C. The first-order chi connectivity index (χ1) is 14.3. The quantitative estimate of drug-likeness (QED) is 0.658. The minimum atomic E-state index is -1.13. The highest BCUT2D eigenvalue weighted by molar-refractivity contribution is 5.97. The number of para-hydroxylation sites is 1. The monoisotopic (exact) mass is 404 g/mol. The van der Waals surface area contributed by atoms with Gasteiger partial charge in [0.1, 0.15) is 5.69 Å². The lowest BCUT2D eigenvalue weighted by Gasteiger charge is -2.13. The Balaban J connectivity index is 1.76. The van der Waals surface area contributed by atoms with Crippen LogP contribution in [0.5, 0.6) is 0 Å². The van der Waals surface area contributed by atoms with Gasteiger partial charge in [-0.1, -0.05) is 18.2 Å². The van der Waals surface area contributed by atoms with Crippen LogP contribution in [0.2, 0.25) is 0 Å². The van der Waals surface area contributed by atoms with E-state index in [1.54, 1.807) is 30.8 Å². The molecule has 0 aliphatic carbocycles. The van der Waals surface area contributed by atoms with Crippen molar-refractivity contribution in [2.24, 2.45) is 7.05 Å². The Bertz CT molecular complexity index is 1180.